The molecule has 2 aromatic heterocycles. The Hall–Kier alpha value is -2.86. The van der Waals surface area contributed by atoms with Gasteiger partial charge in [-0.3, -0.25) is 4.98 Å². The van der Waals surface area contributed by atoms with Gasteiger partial charge in [-0.2, -0.15) is 0 Å². The molecule has 3 heterocycles. The molecule has 36 heavy (non-hydrogen) atoms. The van der Waals surface area contributed by atoms with Crippen LogP contribution in [0.4, 0.5) is 5.69 Å². The number of nitrogens with zero attached hydrogens (tertiary/aromatic N) is 4. The lowest BCUT2D eigenvalue weighted by Gasteiger charge is -2.37. The van der Waals surface area contributed by atoms with Crippen molar-refractivity contribution in [1.29, 1.82) is 0 Å². The third-order valence-electron chi connectivity index (χ3n) is 8.13. The Balaban J connectivity index is 1.56. The van der Waals surface area contributed by atoms with E-state index in [1.807, 2.05) is 12.3 Å². The van der Waals surface area contributed by atoms with Gasteiger partial charge in [0.2, 0.25) is 0 Å². The molecule has 2 fully saturated rings. The number of pyridine rings is 1. The molecule has 1 saturated heterocycles. The molecule has 0 radical (unpaired) electrons. The summed E-state index contributed by atoms with van der Waals surface area (Å²) >= 11 is 5.99. The molecule has 6 heteroatoms. The smallest absolute Gasteiger partial charge is 0.170 e. The van der Waals surface area contributed by atoms with Gasteiger partial charge < -0.3 is 19.7 Å². The van der Waals surface area contributed by atoms with E-state index in [0.29, 0.717) is 6.04 Å². The van der Waals surface area contributed by atoms with Crippen LogP contribution >= 0.6 is 12.2 Å². The fraction of sp³-hybridized carbons (Fsp3) is 0.467. The van der Waals surface area contributed by atoms with Crippen LogP contribution < -0.4 is 10.2 Å². The summed E-state index contributed by atoms with van der Waals surface area (Å²) in [6.45, 7) is 10.9. The average molecular weight is 502 g/mol. The third-order valence-corrected chi connectivity index (χ3v) is 8.46. The van der Waals surface area contributed by atoms with Gasteiger partial charge in [0.05, 0.1) is 17.8 Å². The first-order chi connectivity index (χ1) is 17.5. The van der Waals surface area contributed by atoms with Crippen molar-refractivity contribution in [1.82, 2.24) is 19.8 Å². The Kier molecular flexibility index (Phi) is 7.33. The van der Waals surface area contributed by atoms with Crippen molar-refractivity contribution >= 4 is 23.0 Å². The molecule has 1 aromatic carbocycles. The quantitative estimate of drug-likeness (QED) is 0.367. The second-order valence-corrected chi connectivity index (χ2v) is 10.6. The lowest BCUT2D eigenvalue weighted by molar-refractivity contribution is 0.197. The molecule has 5 rings (SSSR count). The number of aromatic nitrogens is 2. The van der Waals surface area contributed by atoms with Gasteiger partial charge in [0.15, 0.2) is 5.11 Å². The number of hydrogen-bond acceptors (Lipinski definition) is 3. The van der Waals surface area contributed by atoms with Crippen molar-refractivity contribution in [3.63, 3.8) is 0 Å². The number of anilines is 1. The van der Waals surface area contributed by atoms with E-state index in [-0.39, 0.29) is 12.1 Å². The highest BCUT2D eigenvalue weighted by Crippen LogP contribution is 2.44. The highest BCUT2D eigenvalue weighted by atomic mass is 32.1. The fourth-order valence-electron chi connectivity index (χ4n) is 6.34. The Morgan fingerprint density at radius 1 is 1.00 bits per heavy atom. The minimum atomic E-state index is 0.0413. The summed E-state index contributed by atoms with van der Waals surface area (Å²) in [6.07, 6.45) is 8.20. The lowest BCUT2D eigenvalue weighted by Crippen LogP contribution is -2.40. The molecule has 1 N–H and O–H groups in total. The van der Waals surface area contributed by atoms with E-state index in [1.54, 1.807) is 0 Å². The van der Waals surface area contributed by atoms with E-state index in [1.165, 1.54) is 60.4 Å². The molecule has 0 bridgehead atoms. The molecule has 5 nitrogen and oxygen atoms in total. The van der Waals surface area contributed by atoms with Gasteiger partial charge in [0.1, 0.15) is 0 Å². The van der Waals surface area contributed by atoms with Crippen LogP contribution in [0.25, 0.3) is 5.69 Å². The summed E-state index contributed by atoms with van der Waals surface area (Å²) in [5.74, 6) is 0. The van der Waals surface area contributed by atoms with E-state index in [9.17, 15) is 0 Å². The normalized spacial score (nSPS) is 20.6. The Morgan fingerprint density at radius 2 is 1.72 bits per heavy atom. The number of hydrogen-bond donors (Lipinski definition) is 1. The van der Waals surface area contributed by atoms with E-state index in [2.05, 4.69) is 89.8 Å². The standard InChI is InChI=1S/C30H39N5S/c1-5-33(6-2)23-15-17-25(18-16-23)34-21(3)20-26(22(34)4)29-28(27-14-10-11-19-31-27)32-30(36)35(29)24-12-8-7-9-13-24/h10-11,14-20,24,28-29H,5-9,12-13H2,1-4H3,(H,32,36)/t28-,29-/m0/s1. The van der Waals surface area contributed by atoms with Gasteiger partial charge in [0, 0.05) is 48.1 Å². The van der Waals surface area contributed by atoms with Crippen LogP contribution in [-0.2, 0) is 0 Å². The van der Waals surface area contributed by atoms with Crippen LogP contribution in [-0.4, -0.2) is 38.7 Å². The van der Waals surface area contributed by atoms with Crippen LogP contribution in [0, 0.1) is 13.8 Å². The third kappa shape index (κ3) is 4.52. The van der Waals surface area contributed by atoms with Crippen molar-refractivity contribution in [2.45, 2.75) is 77.9 Å². The van der Waals surface area contributed by atoms with E-state index >= 15 is 0 Å². The molecule has 2 aliphatic rings. The first-order valence-electron chi connectivity index (χ1n) is 13.6. The predicted molar refractivity (Wildman–Crippen MR) is 153 cm³/mol. The SMILES string of the molecule is CCN(CC)c1ccc(-n2c(C)cc([C@H]3[C@H](c4ccccn4)NC(=S)N3C3CCCCC3)c2C)cc1. The fourth-order valence-corrected chi connectivity index (χ4v) is 6.73. The first-order valence-corrected chi connectivity index (χ1v) is 14.0. The minimum Gasteiger partial charge on any atom is -0.372 e. The van der Waals surface area contributed by atoms with Crippen molar-refractivity contribution in [2.75, 3.05) is 18.0 Å². The monoisotopic (exact) mass is 501 g/mol. The maximum absolute atomic E-state index is 5.99. The Morgan fingerprint density at radius 3 is 2.36 bits per heavy atom. The molecule has 190 valence electrons. The Labute approximate surface area is 221 Å². The molecule has 0 amide bonds. The van der Waals surface area contributed by atoms with Crippen LogP contribution in [0.3, 0.4) is 0 Å². The summed E-state index contributed by atoms with van der Waals surface area (Å²) in [4.78, 5) is 9.65. The zero-order valence-corrected chi connectivity index (χ0v) is 22.9. The van der Waals surface area contributed by atoms with Gasteiger partial charge in [-0.15, -0.1) is 0 Å². The Bertz CT molecular complexity index is 1180. The molecular weight excluding hydrogens is 462 g/mol. The summed E-state index contributed by atoms with van der Waals surface area (Å²) in [5, 5.41) is 4.55. The van der Waals surface area contributed by atoms with Gasteiger partial charge >= 0.3 is 0 Å². The van der Waals surface area contributed by atoms with Crippen molar-refractivity contribution < 1.29 is 0 Å². The van der Waals surface area contributed by atoms with Crippen molar-refractivity contribution in [2.24, 2.45) is 0 Å². The van der Waals surface area contributed by atoms with E-state index < -0.39 is 0 Å². The van der Waals surface area contributed by atoms with Gasteiger partial charge in [-0.25, -0.2) is 0 Å². The van der Waals surface area contributed by atoms with Gasteiger partial charge in [0.25, 0.3) is 0 Å². The molecule has 0 unspecified atom stereocenters. The highest BCUT2D eigenvalue weighted by Gasteiger charge is 2.44. The summed E-state index contributed by atoms with van der Waals surface area (Å²) < 4.78 is 2.40. The average Bonchev–Trinajstić information content (AvgIpc) is 3.41. The number of nitrogens with one attached hydrogen (secondary N) is 1. The second-order valence-electron chi connectivity index (χ2n) is 10.2. The van der Waals surface area contributed by atoms with Crippen LogP contribution in [0.5, 0.6) is 0 Å². The molecule has 1 saturated carbocycles. The maximum atomic E-state index is 5.99. The van der Waals surface area contributed by atoms with Gasteiger partial charge in [-0.05, 0) is 101 Å². The topological polar surface area (TPSA) is 36.3 Å². The number of benzene rings is 1. The van der Waals surface area contributed by atoms with Crippen molar-refractivity contribution in [3.05, 3.63) is 77.4 Å². The number of aryl methyl sites for hydroxylation is 1. The lowest BCUT2D eigenvalue weighted by atomic mass is 9.90. The van der Waals surface area contributed by atoms with E-state index in [0.717, 1.165) is 23.9 Å². The molecule has 3 aromatic rings. The van der Waals surface area contributed by atoms with Gasteiger partial charge in [-0.1, -0.05) is 25.3 Å². The predicted octanol–water partition coefficient (Wildman–Crippen LogP) is 6.64. The first kappa shape index (κ1) is 24.8. The molecule has 0 spiro atoms. The minimum absolute atomic E-state index is 0.0413. The highest BCUT2D eigenvalue weighted by molar-refractivity contribution is 7.80. The summed E-state index contributed by atoms with van der Waals surface area (Å²) in [7, 11) is 0. The van der Waals surface area contributed by atoms with Crippen LogP contribution in [0.2, 0.25) is 0 Å². The number of thiocarbonyl (C=S) groups is 1. The molecular formula is C30H39N5S. The molecule has 1 aliphatic heterocycles. The summed E-state index contributed by atoms with van der Waals surface area (Å²) in [5.41, 5.74) is 7.40. The second kappa shape index (κ2) is 10.6. The number of rotatable bonds is 7. The summed E-state index contributed by atoms with van der Waals surface area (Å²) in [6, 6.07) is 18.2. The molecule has 2 atom stereocenters. The zero-order chi connectivity index (χ0) is 25.2. The van der Waals surface area contributed by atoms with Crippen LogP contribution in [0.15, 0.2) is 54.7 Å². The maximum Gasteiger partial charge on any atom is 0.170 e. The van der Waals surface area contributed by atoms with E-state index in [4.69, 9.17) is 17.2 Å². The van der Waals surface area contributed by atoms with Crippen molar-refractivity contribution in [3.8, 4) is 5.69 Å². The molecule has 1 aliphatic carbocycles. The van der Waals surface area contributed by atoms with Crippen LogP contribution in [0.1, 0.15) is 80.7 Å². The zero-order valence-electron chi connectivity index (χ0n) is 22.1. The largest absolute Gasteiger partial charge is 0.372 e.